The first-order valence-corrected chi connectivity index (χ1v) is 7.23. The lowest BCUT2D eigenvalue weighted by atomic mass is 9.88. The maximum atomic E-state index is 13.9. The predicted octanol–water partition coefficient (Wildman–Crippen LogP) is 2.48. The fraction of sp³-hybridized carbons (Fsp3) is 0.467. The van der Waals surface area contributed by atoms with Crippen LogP contribution >= 0.6 is 0 Å². The number of hydrogen-bond acceptors (Lipinski definition) is 2. The molecule has 0 spiro atoms. The van der Waals surface area contributed by atoms with Gasteiger partial charge in [-0.1, -0.05) is 0 Å². The zero-order valence-electron chi connectivity index (χ0n) is 12.0. The molecule has 0 aliphatic heterocycles. The molecule has 2 amide bonds. The number of carbonyl (C=O) groups is 2. The molecule has 0 aromatic heterocycles. The highest BCUT2D eigenvalue weighted by atomic mass is 19.3. The van der Waals surface area contributed by atoms with Gasteiger partial charge in [-0.05, 0) is 30.2 Å². The predicted molar refractivity (Wildman–Crippen MR) is 74.1 cm³/mol. The number of hydrogen-bond donors (Lipinski definition) is 3. The van der Waals surface area contributed by atoms with Gasteiger partial charge in [-0.15, -0.1) is 0 Å². The molecule has 1 aromatic rings. The van der Waals surface area contributed by atoms with Crippen LogP contribution in [0.4, 0.5) is 18.0 Å². The van der Waals surface area contributed by atoms with E-state index in [1.165, 1.54) is 12.1 Å². The number of halogens is 3. The van der Waals surface area contributed by atoms with Crippen molar-refractivity contribution in [2.75, 3.05) is 0 Å². The Labute approximate surface area is 129 Å². The van der Waals surface area contributed by atoms with Crippen LogP contribution in [0.5, 0.6) is 0 Å². The molecule has 2 aliphatic carbocycles. The van der Waals surface area contributed by atoms with Gasteiger partial charge >= 0.3 is 6.09 Å². The zero-order valence-corrected chi connectivity index (χ0v) is 12.0. The quantitative estimate of drug-likeness (QED) is 0.794. The van der Waals surface area contributed by atoms with Crippen molar-refractivity contribution in [1.29, 1.82) is 0 Å². The van der Waals surface area contributed by atoms with Crippen LogP contribution in [0.1, 0.15) is 41.1 Å². The number of benzene rings is 1. The van der Waals surface area contributed by atoms with Gasteiger partial charge in [0.1, 0.15) is 5.82 Å². The van der Waals surface area contributed by atoms with Crippen molar-refractivity contribution in [2.24, 2.45) is 0 Å². The lowest BCUT2D eigenvalue weighted by Gasteiger charge is -2.35. The number of rotatable bonds is 4. The molecule has 8 heteroatoms. The maximum Gasteiger partial charge on any atom is 0.404 e. The van der Waals surface area contributed by atoms with Crippen molar-refractivity contribution in [2.45, 2.75) is 43.2 Å². The second kappa shape index (κ2) is 5.43. The molecule has 1 aromatic carbocycles. The van der Waals surface area contributed by atoms with Crippen molar-refractivity contribution >= 4 is 12.0 Å². The van der Waals surface area contributed by atoms with Gasteiger partial charge in [-0.2, -0.15) is 0 Å². The van der Waals surface area contributed by atoms with E-state index < -0.39 is 29.8 Å². The molecule has 2 aliphatic rings. The summed E-state index contributed by atoms with van der Waals surface area (Å²) >= 11 is 0. The number of carboxylic acid groups (broad SMARTS) is 1. The van der Waals surface area contributed by atoms with Crippen molar-refractivity contribution in [3.8, 4) is 0 Å². The maximum absolute atomic E-state index is 13.9. The fourth-order valence-electron chi connectivity index (χ4n) is 2.86. The minimum absolute atomic E-state index is 0.178. The summed E-state index contributed by atoms with van der Waals surface area (Å²) in [5, 5.41) is 13.4. The third kappa shape index (κ3) is 3.40. The SMILES string of the molecule is O=C(O)N[C@@H]1C[C@H]1c1cc(C(=O)NC2CC(F)(F)C2)ccc1F. The Bertz CT molecular complexity index is 657. The molecular weight excluding hydrogens is 313 g/mol. The summed E-state index contributed by atoms with van der Waals surface area (Å²) in [7, 11) is 0. The second-order valence-electron chi connectivity index (χ2n) is 6.07. The van der Waals surface area contributed by atoms with Crippen LogP contribution in [-0.2, 0) is 0 Å². The second-order valence-corrected chi connectivity index (χ2v) is 6.07. The standard InChI is InChI=1S/C15H15F3N2O3/c16-11-2-1-7(13(21)19-8-5-15(17,18)6-8)3-9(11)10-4-12(10)20-14(22)23/h1-3,8,10,12,20H,4-6H2,(H,19,21)(H,22,23)/t10-,12+/m0/s1. The normalized spacial score (nSPS) is 25.3. The number of nitrogens with one attached hydrogen (secondary N) is 2. The lowest BCUT2D eigenvalue weighted by Crippen LogP contribution is -2.50. The summed E-state index contributed by atoms with van der Waals surface area (Å²) in [5.74, 6) is -4.09. The summed E-state index contributed by atoms with van der Waals surface area (Å²) in [5.41, 5.74) is 0.438. The summed E-state index contributed by atoms with van der Waals surface area (Å²) in [6.45, 7) is 0. The van der Waals surface area contributed by atoms with E-state index in [9.17, 15) is 22.8 Å². The average molecular weight is 328 g/mol. The van der Waals surface area contributed by atoms with Crippen molar-refractivity contribution < 1.29 is 27.9 Å². The van der Waals surface area contributed by atoms with E-state index in [1.54, 1.807) is 0 Å². The first-order chi connectivity index (χ1) is 10.7. The largest absolute Gasteiger partial charge is 0.465 e. The van der Waals surface area contributed by atoms with Crippen molar-refractivity contribution in [1.82, 2.24) is 10.6 Å². The number of carbonyl (C=O) groups excluding carboxylic acids is 1. The van der Waals surface area contributed by atoms with Gasteiger partial charge in [0.15, 0.2) is 0 Å². The highest BCUT2D eigenvalue weighted by molar-refractivity contribution is 5.94. The number of alkyl halides is 2. The van der Waals surface area contributed by atoms with Crippen LogP contribution in [0.3, 0.4) is 0 Å². The van der Waals surface area contributed by atoms with Crippen molar-refractivity contribution in [3.05, 3.63) is 35.1 Å². The van der Waals surface area contributed by atoms with E-state index >= 15 is 0 Å². The van der Waals surface area contributed by atoms with Gasteiger partial charge in [-0.25, -0.2) is 18.0 Å². The topological polar surface area (TPSA) is 78.4 Å². The van der Waals surface area contributed by atoms with Gasteiger partial charge < -0.3 is 15.7 Å². The Balaban J connectivity index is 1.66. The molecule has 0 saturated heterocycles. The van der Waals surface area contributed by atoms with Gasteiger partial charge in [0.2, 0.25) is 0 Å². The van der Waals surface area contributed by atoms with Crippen LogP contribution in [-0.4, -0.2) is 35.1 Å². The Morgan fingerprint density at radius 2 is 1.91 bits per heavy atom. The van der Waals surface area contributed by atoms with E-state index in [0.717, 1.165) is 6.07 Å². The monoisotopic (exact) mass is 328 g/mol. The molecular formula is C15H15F3N2O3. The molecule has 0 radical (unpaired) electrons. The third-order valence-corrected chi connectivity index (χ3v) is 4.18. The Hall–Kier alpha value is -2.25. The summed E-state index contributed by atoms with van der Waals surface area (Å²) in [6.07, 6.45) is -1.50. The van der Waals surface area contributed by atoms with Gasteiger partial charge in [0.25, 0.3) is 11.8 Å². The van der Waals surface area contributed by atoms with Crippen LogP contribution in [0.25, 0.3) is 0 Å². The third-order valence-electron chi connectivity index (χ3n) is 4.18. The van der Waals surface area contributed by atoms with Crippen LogP contribution in [0, 0.1) is 5.82 Å². The molecule has 2 fully saturated rings. The molecule has 2 atom stereocenters. The van der Waals surface area contributed by atoms with E-state index in [0.29, 0.717) is 6.42 Å². The molecule has 0 unspecified atom stereocenters. The van der Waals surface area contributed by atoms with E-state index in [1.807, 2.05) is 0 Å². The van der Waals surface area contributed by atoms with Crippen LogP contribution < -0.4 is 10.6 Å². The van der Waals surface area contributed by atoms with Crippen LogP contribution in [0.15, 0.2) is 18.2 Å². The van der Waals surface area contributed by atoms with E-state index in [4.69, 9.17) is 5.11 Å². The molecule has 124 valence electrons. The summed E-state index contributed by atoms with van der Waals surface area (Å²) < 4.78 is 39.4. The Kier molecular flexibility index (Phi) is 3.69. The minimum Gasteiger partial charge on any atom is -0.465 e. The highest BCUT2D eigenvalue weighted by Crippen LogP contribution is 2.42. The van der Waals surface area contributed by atoms with E-state index in [-0.39, 0.29) is 35.9 Å². The van der Waals surface area contributed by atoms with Crippen molar-refractivity contribution in [3.63, 3.8) is 0 Å². The Morgan fingerprint density at radius 3 is 2.52 bits per heavy atom. The molecule has 3 rings (SSSR count). The Morgan fingerprint density at radius 1 is 1.22 bits per heavy atom. The molecule has 0 heterocycles. The van der Waals surface area contributed by atoms with E-state index in [2.05, 4.69) is 10.6 Å². The summed E-state index contributed by atoms with van der Waals surface area (Å²) in [4.78, 5) is 22.6. The lowest BCUT2D eigenvalue weighted by molar-refractivity contribution is -0.0901. The zero-order chi connectivity index (χ0) is 16.8. The molecule has 23 heavy (non-hydrogen) atoms. The first kappa shape index (κ1) is 15.6. The minimum atomic E-state index is -2.73. The first-order valence-electron chi connectivity index (χ1n) is 7.23. The molecule has 3 N–H and O–H groups in total. The van der Waals surface area contributed by atoms with Gasteiger partial charge in [0.05, 0.1) is 0 Å². The molecule has 0 bridgehead atoms. The highest BCUT2D eigenvalue weighted by Gasteiger charge is 2.46. The molecule has 2 saturated carbocycles. The molecule has 5 nitrogen and oxygen atoms in total. The smallest absolute Gasteiger partial charge is 0.404 e. The van der Waals surface area contributed by atoms with Gasteiger partial charge in [0, 0.05) is 36.4 Å². The van der Waals surface area contributed by atoms with Crippen LogP contribution in [0.2, 0.25) is 0 Å². The summed E-state index contributed by atoms with van der Waals surface area (Å²) in [6, 6.07) is 2.83. The number of amides is 2. The average Bonchev–Trinajstić information content (AvgIpc) is 3.15. The van der Waals surface area contributed by atoms with Gasteiger partial charge in [-0.3, -0.25) is 4.79 Å². The fourth-order valence-corrected chi connectivity index (χ4v) is 2.86.